The summed E-state index contributed by atoms with van der Waals surface area (Å²) < 4.78 is 0. The fourth-order valence-corrected chi connectivity index (χ4v) is 3.54. The minimum atomic E-state index is 0.108. The molecule has 22 heavy (non-hydrogen) atoms. The van der Waals surface area contributed by atoms with Crippen LogP contribution in [0.25, 0.3) is 0 Å². The molecule has 0 aromatic heterocycles. The van der Waals surface area contributed by atoms with Gasteiger partial charge in [0.05, 0.1) is 0 Å². The number of hydrogen-bond donors (Lipinski definition) is 2. The lowest BCUT2D eigenvalue weighted by molar-refractivity contribution is -0.120. The molecule has 0 radical (unpaired) electrons. The van der Waals surface area contributed by atoms with E-state index >= 15 is 0 Å². The lowest BCUT2D eigenvalue weighted by Gasteiger charge is -2.13. The molecular formula is C18H24N2O2. The topological polar surface area (TPSA) is 58.2 Å². The molecule has 0 heterocycles. The van der Waals surface area contributed by atoms with Crippen molar-refractivity contribution in [1.82, 2.24) is 0 Å². The lowest BCUT2D eigenvalue weighted by atomic mass is 10.1. The Kier molecular flexibility index (Phi) is 4.76. The van der Waals surface area contributed by atoms with Gasteiger partial charge in [-0.05, 0) is 43.9 Å². The lowest BCUT2D eigenvalue weighted by Crippen LogP contribution is -2.21. The first-order chi connectivity index (χ1) is 10.7. The van der Waals surface area contributed by atoms with E-state index in [1.165, 1.54) is 0 Å². The first-order valence-corrected chi connectivity index (χ1v) is 8.44. The van der Waals surface area contributed by atoms with E-state index in [1.807, 2.05) is 24.3 Å². The quantitative estimate of drug-likeness (QED) is 0.884. The SMILES string of the molecule is O=C(Nc1cccc(NC(=O)C2CCCC2)c1)C1CCCC1. The van der Waals surface area contributed by atoms with E-state index < -0.39 is 0 Å². The van der Waals surface area contributed by atoms with Gasteiger partial charge in [-0.1, -0.05) is 31.7 Å². The molecule has 0 unspecified atom stereocenters. The van der Waals surface area contributed by atoms with Crippen LogP contribution in [0.1, 0.15) is 51.4 Å². The van der Waals surface area contributed by atoms with E-state index in [0.29, 0.717) is 0 Å². The summed E-state index contributed by atoms with van der Waals surface area (Å²) in [5, 5.41) is 5.95. The van der Waals surface area contributed by atoms with Crippen LogP contribution in [0, 0.1) is 11.8 Å². The molecular weight excluding hydrogens is 276 g/mol. The van der Waals surface area contributed by atoms with Gasteiger partial charge in [0.25, 0.3) is 0 Å². The summed E-state index contributed by atoms with van der Waals surface area (Å²) in [5.74, 6) is 0.516. The molecule has 3 rings (SSSR count). The number of benzene rings is 1. The average molecular weight is 300 g/mol. The van der Waals surface area contributed by atoms with Crippen molar-refractivity contribution in [2.45, 2.75) is 51.4 Å². The van der Waals surface area contributed by atoms with E-state index in [-0.39, 0.29) is 23.7 Å². The highest BCUT2D eigenvalue weighted by Crippen LogP contribution is 2.28. The average Bonchev–Trinajstić information content (AvgIpc) is 3.21. The predicted octanol–water partition coefficient (Wildman–Crippen LogP) is 3.94. The summed E-state index contributed by atoms with van der Waals surface area (Å²) in [6.07, 6.45) is 8.55. The summed E-state index contributed by atoms with van der Waals surface area (Å²) in [6.45, 7) is 0. The number of nitrogens with one attached hydrogen (secondary N) is 2. The second-order valence-electron chi connectivity index (χ2n) is 6.52. The minimum Gasteiger partial charge on any atom is -0.326 e. The highest BCUT2D eigenvalue weighted by atomic mass is 16.2. The largest absolute Gasteiger partial charge is 0.326 e. The maximum Gasteiger partial charge on any atom is 0.227 e. The molecule has 1 aromatic carbocycles. The molecule has 0 bridgehead atoms. The number of carbonyl (C=O) groups excluding carboxylic acids is 2. The molecule has 4 heteroatoms. The van der Waals surface area contributed by atoms with Crippen molar-refractivity contribution in [3.63, 3.8) is 0 Å². The predicted molar refractivity (Wildman–Crippen MR) is 87.6 cm³/mol. The zero-order valence-electron chi connectivity index (χ0n) is 12.9. The standard InChI is InChI=1S/C18H24N2O2/c21-17(13-6-1-2-7-13)19-15-10-5-11-16(12-15)20-18(22)14-8-3-4-9-14/h5,10-14H,1-4,6-9H2,(H,19,21)(H,20,22). The summed E-state index contributed by atoms with van der Waals surface area (Å²) in [5.41, 5.74) is 1.53. The van der Waals surface area contributed by atoms with E-state index in [0.717, 1.165) is 62.7 Å². The number of rotatable bonds is 4. The molecule has 2 amide bonds. The second-order valence-corrected chi connectivity index (χ2v) is 6.52. The molecule has 118 valence electrons. The van der Waals surface area contributed by atoms with Crippen LogP contribution in [0.2, 0.25) is 0 Å². The molecule has 2 aliphatic carbocycles. The van der Waals surface area contributed by atoms with Gasteiger partial charge < -0.3 is 10.6 Å². The number of anilines is 2. The smallest absolute Gasteiger partial charge is 0.227 e. The minimum absolute atomic E-state index is 0.108. The van der Waals surface area contributed by atoms with Crippen LogP contribution in [0.15, 0.2) is 24.3 Å². The van der Waals surface area contributed by atoms with Crippen LogP contribution >= 0.6 is 0 Å². The third kappa shape index (κ3) is 3.67. The van der Waals surface area contributed by atoms with E-state index in [1.54, 1.807) is 0 Å². The van der Waals surface area contributed by atoms with Crippen LogP contribution in [0.4, 0.5) is 11.4 Å². The molecule has 2 N–H and O–H groups in total. The maximum atomic E-state index is 12.2. The van der Waals surface area contributed by atoms with Gasteiger partial charge in [-0.25, -0.2) is 0 Å². The Balaban J connectivity index is 1.59. The van der Waals surface area contributed by atoms with Crippen LogP contribution < -0.4 is 10.6 Å². The van der Waals surface area contributed by atoms with Gasteiger partial charge in [0, 0.05) is 23.2 Å². The molecule has 1 aromatic rings. The van der Waals surface area contributed by atoms with E-state index in [4.69, 9.17) is 0 Å². The van der Waals surface area contributed by atoms with Gasteiger partial charge >= 0.3 is 0 Å². The van der Waals surface area contributed by atoms with Crippen molar-refractivity contribution in [3.8, 4) is 0 Å². The van der Waals surface area contributed by atoms with Crippen molar-refractivity contribution in [2.24, 2.45) is 11.8 Å². The highest BCUT2D eigenvalue weighted by Gasteiger charge is 2.24. The second kappa shape index (κ2) is 6.95. The normalized spacial score (nSPS) is 19.3. The molecule has 2 fully saturated rings. The van der Waals surface area contributed by atoms with E-state index in [9.17, 15) is 9.59 Å². The van der Waals surface area contributed by atoms with Crippen molar-refractivity contribution < 1.29 is 9.59 Å². The zero-order chi connectivity index (χ0) is 15.4. The van der Waals surface area contributed by atoms with Crippen molar-refractivity contribution in [1.29, 1.82) is 0 Å². The number of carbonyl (C=O) groups is 2. The van der Waals surface area contributed by atoms with Gasteiger partial charge in [0.1, 0.15) is 0 Å². The van der Waals surface area contributed by atoms with Gasteiger partial charge in [0.15, 0.2) is 0 Å². The summed E-state index contributed by atoms with van der Waals surface area (Å²) in [4.78, 5) is 24.3. The third-order valence-corrected chi connectivity index (χ3v) is 4.85. The Morgan fingerprint density at radius 1 is 0.773 bits per heavy atom. The first kappa shape index (κ1) is 15.1. The van der Waals surface area contributed by atoms with Gasteiger partial charge in [-0.15, -0.1) is 0 Å². The fourth-order valence-electron chi connectivity index (χ4n) is 3.54. The van der Waals surface area contributed by atoms with Crippen molar-refractivity contribution >= 4 is 23.2 Å². The molecule has 0 atom stereocenters. The summed E-state index contributed by atoms with van der Waals surface area (Å²) in [7, 11) is 0. The fraction of sp³-hybridized carbons (Fsp3) is 0.556. The Hall–Kier alpha value is -1.84. The van der Waals surface area contributed by atoms with Crippen LogP contribution in [0.3, 0.4) is 0 Å². The molecule has 0 spiro atoms. The summed E-state index contributed by atoms with van der Waals surface area (Å²) >= 11 is 0. The van der Waals surface area contributed by atoms with Crippen LogP contribution in [0.5, 0.6) is 0 Å². The van der Waals surface area contributed by atoms with Crippen LogP contribution in [-0.2, 0) is 9.59 Å². The Morgan fingerprint density at radius 2 is 1.18 bits per heavy atom. The zero-order valence-corrected chi connectivity index (χ0v) is 12.9. The number of amides is 2. The van der Waals surface area contributed by atoms with Gasteiger partial charge in [0.2, 0.25) is 11.8 Å². The van der Waals surface area contributed by atoms with Crippen LogP contribution in [-0.4, -0.2) is 11.8 Å². The summed E-state index contributed by atoms with van der Waals surface area (Å²) in [6, 6.07) is 7.46. The van der Waals surface area contributed by atoms with Gasteiger partial charge in [-0.3, -0.25) is 9.59 Å². The Bertz CT molecular complexity index is 499. The first-order valence-electron chi connectivity index (χ1n) is 8.44. The third-order valence-electron chi connectivity index (χ3n) is 4.85. The number of hydrogen-bond acceptors (Lipinski definition) is 2. The van der Waals surface area contributed by atoms with E-state index in [2.05, 4.69) is 10.6 Å². The Morgan fingerprint density at radius 3 is 1.59 bits per heavy atom. The van der Waals surface area contributed by atoms with Gasteiger partial charge in [-0.2, -0.15) is 0 Å². The molecule has 0 saturated heterocycles. The molecule has 0 aliphatic heterocycles. The maximum absolute atomic E-state index is 12.2. The Labute approximate surface area is 131 Å². The van der Waals surface area contributed by atoms with Crippen molar-refractivity contribution in [3.05, 3.63) is 24.3 Å². The van der Waals surface area contributed by atoms with Crippen molar-refractivity contribution in [2.75, 3.05) is 10.6 Å². The molecule has 2 aliphatic rings. The molecule has 4 nitrogen and oxygen atoms in total. The highest BCUT2D eigenvalue weighted by molar-refractivity contribution is 5.95. The molecule has 2 saturated carbocycles. The monoisotopic (exact) mass is 300 g/mol.